The van der Waals surface area contributed by atoms with Crippen molar-refractivity contribution in [3.8, 4) is 6.07 Å². The zero-order chi connectivity index (χ0) is 12.5. The molecule has 0 atom stereocenters. The van der Waals surface area contributed by atoms with Crippen LogP contribution in [0.1, 0.15) is 17.8 Å². The van der Waals surface area contributed by atoms with E-state index in [1.807, 2.05) is 0 Å². The molecule has 4 nitrogen and oxygen atoms in total. The lowest BCUT2D eigenvalue weighted by Crippen LogP contribution is -2.04. The van der Waals surface area contributed by atoms with Gasteiger partial charge >= 0.3 is 0 Å². The molecule has 86 valence electrons. The lowest BCUT2D eigenvalue weighted by atomic mass is 10.3. The highest BCUT2D eigenvalue weighted by Gasteiger charge is 2.25. The molecule has 1 aromatic rings. The summed E-state index contributed by atoms with van der Waals surface area (Å²) in [6, 6.07) is 2.37. The molecule has 0 fully saturated rings. The van der Waals surface area contributed by atoms with E-state index in [1.165, 1.54) is 6.07 Å². The lowest BCUT2D eigenvalue weighted by molar-refractivity contribution is 0.142. The van der Waals surface area contributed by atoms with Crippen LogP contribution in [0.25, 0.3) is 0 Å². The summed E-state index contributed by atoms with van der Waals surface area (Å²) in [7, 11) is 0.635. The molecule has 0 aliphatic rings. The van der Waals surface area contributed by atoms with E-state index in [2.05, 4.69) is 20.9 Å². The topological polar surface area (TPSA) is 70.8 Å². The van der Waals surface area contributed by atoms with Gasteiger partial charge in [-0.2, -0.15) is 5.26 Å². The second kappa shape index (κ2) is 4.61. The molecule has 0 saturated heterocycles. The minimum Gasteiger partial charge on any atom is -0.233 e. The Morgan fingerprint density at radius 1 is 1.56 bits per heavy atom. The van der Waals surface area contributed by atoms with Crippen molar-refractivity contribution in [2.75, 3.05) is 0 Å². The van der Waals surface area contributed by atoms with E-state index in [1.54, 1.807) is 0 Å². The van der Waals surface area contributed by atoms with Crippen molar-refractivity contribution in [1.82, 2.24) is 4.98 Å². The second-order valence-electron chi connectivity index (χ2n) is 2.55. The van der Waals surface area contributed by atoms with Crippen molar-refractivity contribution in [3.05, 3.63) is 21.9 Å². The Kier molecular flexibility index (Phi) is 3.83. The smallest absolute Gasteiger partial charge is 0.233 e. The first kappa shape index (κ1) is 13.3. The molecule has 0 unspecified atom stereocenters. The number of pyridine rings is 1. The number of hydrogen-bond acceptors (Lipinski definition) is 4. The van der Waals surface area contributed by atoms with Gasteiger partial charge in [0.25, 0.3) is 15.5 Å². The van der Waals surface area contributed by atoms with Crippen LogP contribution in [0, 0.1) is 11.3 Å². The third kappa shape index (κ3) is 2.66. The summed E-state index contributed by atoms with van der Waals surface area (Å²) >= 11 is 2.83. The minimum atomic E-state index is -4.34. The average molecular weight is 332 g/mol. The molecule has 0 aromatic carbocycles. The van der Waals surface area contributed by atoms with Crippen molar-refractivity contribution < 1.29 is 17.2 Å². The van der Waals surface area contributed by atoms with E-state index in [-0.39, 0.29) is 10.2 Å². The SMILES string of the molecule is N#Cc1nc(C(F)F)c(S(=O)(=O)Cl)cc1Br. The van der Waals surface area contributed by atoms with Crippen LogP contribution in [-0.4, -0.2) is 13.4 Å². The molecule has 0 radical (unpaired) electrons. The Labute approximate surface area is 102 Å². The highest BCUT2D eigenvalue weighted by Crippen LogP contribution is 2.30. The van der Waals surface area contributed by atoms with Crippen molar-refractivity contribution >= 4 is 35.7 Å². The number of halogens is 4. The first-order chi connectivity index (χ1) is 7.27. The van der Waals surface area contributed by atoms with E-state index < -0.39 is 26.1 Å². The van der Waals surface area contributed by atoms with Crippen LogP contribution in [0.2, 0.25) is 0 Å². The van der Waals surface area contributed by atoms with E-state index in [0.717, 1.165) is 6.07 Å². The maximum absolute atomic E-state index is 12.5. The first-order valence-corrected chi connectivity index (χ1v) is 6.71. The largest absolute Gasteiger partial charge is 0.281 e. The molecule has 0 bridgehead atoms. The molecule has 9 heteroatoms. The Hall–Kier alpha value is -0.780. The summed E-state index contributed by atoms with van der Waals surface area (Å²) in [6.45, 7) is 0. The normalized spacial score (nSPS) is 11.5. The molecule has 0 aliphatic heterocycles. The summed E-state index contributed by atoms with van der Waals surface area (Å²) in [5.74, 6) is 0. The van der Waals surface area contributed by atoms with Crippen LogP contribution < -0.4 is 0 Å². The third-order valence-electron chi connectivity index (χ3n) is 1.54. The van der Waals surface area contributed by atoms with Crippen LogP contribution in [0.4, 0.5) is 8.78 Å². The van der Waals surface area contributed by atoms with E-state index in [9.17, 15) is 17.2 Å². The highest BCUT2D eigenvalue weighted by atomic mass is 79.9. The van der Waals surface area contributed by atoms with Gasteiger partial charge in [-0.05, 0) is 22.0 Å². The summed E-state index contributed by atoms with van der Waals surface area (Å²) in [6.07, 6.45) is -3.14. The molecule has 0 saturated carbocycles. The monoisotopic (exact) mass is 330 g/mol. The van der Waals surface area contributed by atoms with Crippen LogP contribution in [-0.2, 0) is 9.05 Å². The molecule has 0 spiro atoms. The lowest BCUT2D eigenvalue weighted by Gasteiger charge is -2.06. The first-order valence-electron chi connectivity index (χ1n) is 3.60. The molecule has 0 amide bonds. The number of nitriles is 1. The van der Waals surface area contributed by atoms with Gasteiger partial charge in [0, 0.05) is 10.7 Å². The summed E-state index contributed by atoms with van der Waals surface area (Å²) < 4.78 is 47.0. The van der Waals surface area contributed by atoms with Crippen LogP contribution in [0.3, 0.4) is 0 Å². The maximum atomic E-state index is 12.5. The molecule has 0 aliphatic carbocycles. The summed E-state index contributed by atoms with van der Waals surface area (Å²) in [5.41, 5.74) is -1.37. The number of aromatic nitrogens is 1. The predicted molar refractivity (Wildman–Crippen MR) is 54.6 cm³/mol. The van der Waals surface area contributed by atoms with Gasteiger partial charge in [0.1, 0.15) is 16.7 Å². The molecule has 1 rings (SSSR count). The van der Waals surface area contributed by atoms with Gasteiger partial charge in [-0.25, -0.2) is 22.2 Å². The number of alkyl halides is 2. The molecule has 0 N–H and O–H groups in total. The maximum Gasteiger partial charge on any atom is 0.281 e. The van der Waals surface area contributed by atoms with Gasteiger partial charge in [0.2, 0.25) is 0 Å². The summed E-state index contributed by atoms with van der Waals surface area (Å²) in [4.78, 5) is 2.42. The molecular weight excluding hydrogens is 330 g/mol. The number of nitrogens with zero attached hydrogens (tertiary/aromatic N) is 2. The van der Waals surface area contributed by atoms with Gasteiger partial charge in [-0.15, -0.1) is 0 Å². The zero-order valence-corrected chi connectivity index (χ0v) is 10.4. The molecule has 16 heavy (non-hydrogen) atoms. The van der Waals surface area contributed by atoms with Gasteiger partial charge in [-0.3, -0.25) is 0 Å². The van der Waals surface area contributed by atoms with Crippen LogP contribution in [0.15, 0.2) is 15.4 Å². The van der Waals surface area contributed by atoms with Crippen LogP contribution in [0.5, 0.6) is 0 Å². The Bertz CT molecular complexity index is 570. The van der Waals surface area contributed by atoms with Crippen molar-refractivity contribution in [3.63, 3.8) is 0 Å². The molecule has 1 heterocycles. The fraction of sp³-hybridized carbons (Fsp3) is 0.143. The zero-order valence-electron chi connectivity index (χ0n) is 7.29. The Balaban J connectivity index is 3.63. The van der Waals surface area contributed by atoms with Gasteiger partial charge in [0.05, 0.1) is 4.47 Å². The summed E-state index contributed by atoms with van der Waals surface area (Å²) in [5, 5.41) is 8.55. The predicted octanol–water partition coefficient (Wildman–Crippen LogP) is 2.58. The second-order valence-corrected chi connectivity index (χ2v) is 5.94. The van der Waals surface area contributed by atoms with E-state index >= 15 is 0 Å². The van der Waals surface area contributed by atoms with Gasteiger partial charge in [-0.1, -0.05) is 0 Å². The molecule has 1 aromatic heterocycles. The fourth-order valence-corrected chi connectivity index (χ4v) is 2.49. The minimum absolute atomic E-state index is 0.0152. The van der Waals surface area contributed by atoms with Crippen molar-refractivity contribution in [1.29, 1.82) is 5.26 Å². The van der Waals surface area contributed by atoms with Crippen LogP contribution >= 0.6 is 26.6 Å². The Morgan fingerprint density at radius 3 is 2.50 bits per heavy atom. The van der Waals surface area contributed by atoms with Crippen molar-refractivity contribution in [2.45, 2.75) is 11.3 Å². The molecular formula is C7H2BrClF2N2O2S. The standard InChI is InChI=1S/C7H2BrClF2N2O2S/c8-3-1-5(16(9,14)15)6(7(10)11)13-4(3)2-12/h1,7H. The van der Waals surface area contributed by atoms with Gasteiger partial charge in [0.15, 0.2) is 5.69 Å². The van der Waals surface area contributed by atoms with E-state index in [0.29, 0.717) is 0 Å². The van der Waals surface area contributed by atoms with Crippen molar-refractivity contribution in [2.24, 2.45) is 0 Å². The van der Waals surface area contributed by atoms with Gasteiger partial charge < -0.3 is 0 Å². The quantitative estimate of drug-likeness (QED) is 0.781. The Morgan fingerprint density at radius 2 is 2.12 bits per heavy atom. The number of rotatable bonds is 2. The third-order valence-corrected chi connectivity index (χ3v) is 3.50. The van der Waals surface area contributed by atoms with E-state index in [4.69, 9.17) is 15.9 Å². The number of hydrogen-bond donors (Lipinski definition) is 0. The average Bonchev–Trinajstić information content (AvgIpc) is 2.15. The highest BCUT2D eigenvalue weighted by molar-refractivity contribution is 9.10. The fourth-order valence-electron chi connectivity index (χ4n) is 0.916.